The minimum atomic E-state index is -3.30. The number of hydrogen-bond acceptors (Lipinski definition) is 4. The highest BCUT2D eigenvalue weighted by molar-refractivity contribution is 7.89. The Bertz CT molecular complexity index is 346. The van der Waals surface area contributed by atoms with Crippen molar-refractivity contribution in [1.82, 2.24) is 4.31 Å². The Morgan fingerprint density at radius 1 is 1.41 bits per heavy atom. The lowest BCUT2D eigenvalue weighted by Crippen LogP contribution is -2.41. The van der Waals surface area contributed by atoms with Crippen LogP contribution in [0.25, 0.3) is 0 Å². The first kappa shape index (κ1) is 14.4. The van der Waals surface area contributed by atoms with Gasteiger partial charge in [0.2, 0.25) is 10.0 Å². The van der Waals surface area contributed by atoms with Gasteiger partial charge in [0.15, 0.2) is 0 Å². The van der Waals surface area contributed by atoms with Crippen LogP contribution in [0.2, 0.25) is 0 Å². The molecule has 7 heteroatoms. The Morgan fingerprint density at radius 2 is 2.00 bits per heavy atom. The molecule has 0 spiro atoms. The zero-order valence-electron chi connectivity index (χ0n) is 9.96. The molecular weight excluding hydrogens is 246 g/mol. The third kappa shape index (κ3) is 4.61. The molecule has 0 saturated carbocycles. The highest BCUT2D eigenvalue weighted by Gasteiger charge is 2.27. The molecule has 100 valence electrons. The maximum absolute atomic E-state index is 11.9. The molecule has 0 aromatic heterocycles. The second-order valence-electron chi connectivity index (χ2n) is 4.15. The van der Waals surface area contributed by atoms with Gasteiger partial charge >= 0.3 is 5.97 Å². The quantitative estimate of drug-likeness (QED) is 0.746. The molecule has 0 unspecified atom stereocenters. The Labute approximate surface area is 102 Å². The minimum absolute atomic E-state index is 0.0864. The van der Waals surface area contributed by atoms with Crippen LogP contribution in [0.3, 0.4) is 0 Å². The van der Waals surface area contributed by atoms with E-state index in [1.54, 1.807) is 7.11 Å². The molecule has 0 atom stereocenters. The number of carbonyl (C=O) groups is 1. The van der Waals surface area contributed by atoms with Crippen LogP contribution in [0.1, 0.15) is 25.7 Å². The average Bonchev–Trinajstić information content (AvgIpc) is 2.28. The Morgan fingerprint density at radius 3 is 2.47 bits per heavy atom. The molecule has 1 fully saturated rings. The number of aliphatic carboxylic acids is 1. The van der Waals surface area contributed by atoms with Crippen LogP contribution in [0, 0.1) is 0 Å². The fourth-order valence-corrected chi connectivity index (χ4v) is 3.42. The van der Waals surface area contributed by atoms with Gasteiger partial charge < -0.3 is 9.84 Å². The fraction of sp³-hybridized carbons (Fsp3) is 0.900. The first-order chi connectivity index (χ1) is 7.95. The summed E-state index contributed by atoms with van der Waals surface area (Å²) in [5.41, 5.74) is 0. The summed E-state index contributed by atoms with van der Waals surface area (Å²) in [6, 6.07) is 0. The normalized spacial score (nSPS) is 19.4. The van der Waals surface area contributed by atoms with E-state index >= 15 is 0 Å². The smallest absolute Gasteiger partial charge is 0.303 e. The SMILES string of the molecule is COC1CCN(S(=O)(=O)CCCC(=O)O)CC1. The molecule has 1 aliphatic heterocycles. The van der Waals surface area contributed by atoms with E-state index in [-0.39, 0.29) is 24.7 Å². The van der Waals surface area contributed by atoms with Crippen molar-refractivity contribution in [3.63, 3.8) is 0 Å². The summed E-state index contributed by atoms with van der Waals surface area (Å²) in [6.45, 7) is 0.932. The van der Waals surface area contributed by atoms with Gasteiger partial charge in [0.05, 0.1) is 11.9 Å². The molecule has 0 bridgehead atoms. The average molecular weight is 265 g/mol. The molecule has 1 aliphatic rings. The molecule has 0 aliphatic carbocycles. The number of ether oxygens (including phenoxy) is 1. The number of sulfonamides is 1. The maximum Gasteiger partial charge on any atom is 0.303 e. The van der Waals surface area contributed by atoms with Crippen molar-refractivity contribution in [2.45, 2.75) is 31.8 Å². The van der Waals surface area contributed by atoms with Crippen LogP contribution >= 0.6 is 0 Å². The van der Waals surface area contributed by atoms with Gasteiger partial charge in [-0.2, -0.15) is 0 Å². The summed E-state index contributed by atoms with van der Waals surface area (Å²) >= 11 is 0. The predicted molar refractivity (Wildman–Crippen MR) is 62.3 cm³/mol. The van der Waals surface area contributed by atoms with Gasteiger partial charge in [-0.3, -0.25) is 4.79 Å². The van der Waals surface area contributed by atoms with E-state index in [1.165, 1.54) is 4.31 Å². The lowest BCUT2D eigenvalue weighted by Gasteiger charge is -2.30. The van der Waals surface area contributed by atoms with Crippen LogP contribution in [0.4, 0.5) is 0 Å². The number of hydrogen-bond donors (Lipinski definition) is 1. The van der Waals surface area contributed by atoms with E-state index in [2.05, 4.69) is 0 Å². The highest BCUT2D eigenvalue weighted by atomic mass is 32.2. The molecular formula is C10H19NO5S. The summed E-state index contributed by atoms with van der Waals surface area (Å²) in [5, 5.41) is 8.46. The molecule has 0 radical (unpaired) electrons. The summed E-state index contributed by atoms with van der Waals surface area (Å²) in [7, 11) is -1.67. The zero-order chi connectivity index (χ0) is 12.9. The van der Waals surface area contributed by atoms with Crippen molar-refractivity contribution < 1.29 is 23.1 Å². The Balaban J connectivity index is 2.40. The Hall–Kier alpha value is -0.660. The number of piperidine rings is 1. The van der Waals surface area contributed by atoms with Gasteiger partial charge in [-0.15, -0.1) is 0 Å². The van der Waals surface area contributed by atoms with E-state index in [1.807, 2.05) is 0 Å². The van der Waals surface area contributed by atoms with Gasteiger partial charge in [-0.25, -0.2) is 12.7 Å². The van der Waals surface area contributed by atoms with Crippen molar-refractivity contribution >= 4 is 16.0 Å². The van der Waals surface area contributed by atoms with Gasteiger partial charge in [0.1, 0.15) is 0 Å². The first-order valence-electron chi connectivity index (χ1n) is 5.68. The molecule has 1 N–H and O–H groups in total. The number of carboxylic acid groups (broad SMARTS) is 1. The van der Waals surface area contributed by atoms with Gasteiger partial charge in [0.25, 0.3) is 0 Å². The summed E-state index contributed by atoms with van der Waals surface area (Å²) in [6.07, 6.45) is 1.61. The molecule has 1 saturated heterocycles. The number of rotatable bonds is 6. The molecule has 1 heterocycles. The second kappa shape index (κ2) is 6.32. The van der Waals surface area contributed by atoms with Gasteiger partial charge in [-0.05, 0) is 19.3 Å². The largest absolute Gasteiger partial charge is 0.481 e. The van der Waals surface area contributed by atoms with E-state index in [9.17, 15) is 13.2 Å². The second-order valence-corrected chi connectivity index (χ2v) is 6.24. The molecule has 0 aromatic carbocycles. The van der Waals surface area contributed by atoms with Crippen LogP contribution in [0.5, 0.6) is 0 Å². The molecule has 1 rings (SSSR count). The standard InChI is InChI=1S/C10H19NO5S/c1-16-9-4-6-11(7-5-9)17(14,15)8-2-3-10(12)13/h9H,2-8H2,1H3,(H,12,13). The van der Waals surface area contributed by atoms with Crippen LogP contribution in [-0.4, -0.2) is 55.9 Å². The number of methoxy groups -OCH3 is 1. The third-order valence-electron chi connectivity index (χ3n) is 2.92. The van der Waals surface area contributed by atoms with Crippen molar-refractivity contribution in [1.29, 1.82) is 0 Å². The van der Waals surface area contributed by atoms with Crippen LogP contribution in [0.15, 0.2) is 0 Å². The lowest BCUT2D eigenvalue weighted by molar-refractivity contribution is -0.137. The molecule has 17 heavy (non-hydrogen) atoms. The maximum atomic E-state index is 11.9. The molecule has 0 aromatic rings. The van der Waals surface area contributed by atoms with E-state index in [0.29, 0.717) is 25.9 Å². The molecule has 0 amide bonds. The monoisotopic (exact) mass is 265 g/mol. The van der Waals surface area contributed by atoms with Crippen molar-refractivity contribution in [3.8, 4) is 0 Å². The van der Waals surface area contributed by atoms with Crippen molar-refractivity contribution in [3.05, 3.63) is 0 Å². The molecule has 6 nitrogen and oxygen atoms in total. The lowest BCUT2D eigenvalue weighted by atomic mass is 10.1. The van der Waals surface area contributed by atoms with Gasteiger partial charge in [0, 0.05) is 26.6 Å². The van der Waals surface area contributed by atoms with Crippen molar-refractivity contribution in [2.75, 3.05) is 26.0 Å². The summed E-state index contributed by atoms with van der Waals surface area (Å²) in [4.78, 5) is 10.3. The number of nitrogens with zero attached hydrogens (tertiary/aromatic N) is 1. The van der Waals surface area contributed by atoms with Crippen LogP contribution in [-0.2, 0) is 19.6 Å². The van der Waals surface area contributed by atoms with Crippen LogP contribution < -0.4 is 0 Å². The summed E-state index contributed by atoms with van der Waals surface area (Å²) in [5.74, 6) is -1.05. The van der Waals surface area contributed by atoms with E-state index in [4.69, 9.17) is 9.84 Å². The van der Waals surface area contributed by atoms with Gasteiger partial charge in [-0.1, -0.05) is 0 Å². The third-order valence-corrected chi connectivity index (χ3v) is 4.88. The predicted octanol–water partition coefficient (Wildman–Crippen LogP) is 0.292. The zero-order valence-corrected chi connectivity index (χ0v) is 10.8. The highest BCUT2D eigenvalue weighted by Crippen LogP contribution is 2.17. The number of carboxylic acids is 1. The topological polar surface area (TPSA) is 83.9 Å². The minimum Gasteiger partial charge on any atom is -0.481 e. The van der Waals surface area contributed by atoms with Crippen molar-refractivity contribution in [2.24, 2.45) is 0 Å². The first-order valence-corrected chi connectivity index (χ1v) is 7.29. The fourth-order valence-electron chi connectivity index (χ4n) is 1.88. The Kier molecular flexibility index (Phi) is 5.35. The summed E-state index contributed by atoms with van der Waals surface area (Å²) < 4.78 is 30.3. The van der Waals surface area contributed by atoms with E-state index < -0.39 is 16.0 Å². The van der Waals surface area contributed by atoms with E-state index in [0.717, 1.165) is 0 Å².